The molecule has 2 fully saturated rings. The largest absolute Gasteiger partial charge is 0.353 e. The zero-order valence-electron chi connectivity index (χ0n) is 14.8. The lowest BCUT2D eigenvalue weighted by Gasteiger charge is -2.46. The van der Waals surface area contributed by atoms with Crippen molar-refractivity contribution in [1.29, 1.82) is 0 Å². The van der Waals surface area contributed by atoms with Gasteiger partial charge in [0, 0.05) is 23.5 Å². The highest BCUT2D eigenvalue weighted by Crippen LogP contribution is 2.29. The number of halogens is 1. The molecule has 0 aromatic heterocycles. The lowest BCUT2D eigenvalue weighted by Crippen LogP contribution is -2.62. The molecular formula is C18H35ClN2O. The van der Waals surface area contributed by atoms with Crippen LogP contribution in [0, 0.1) is 5.92 Å². The molecule has 4 heteroatoms. The quantitative estimate of drug-likeness (QED) is 0.811. The predicted molar refractivity (Wildman–Crippen MR) is 95.5 cm³/mol. The van der Waals surface area contributed by atoms with Crippen LogP contribution in [0.1, 0.15) is 85.5 Å². The predicted octanol–water partition coefficient (Wildman–Crippen LogP) is 4.19. The molecule has 0 spiro atoms. The zero-order valence-corrected chi connectivity index (χ0v) is 15.7. The lowest BCUT2D eigenvalue weighted by atomic mass is 9.79. The van der Waals surface area contributed by atoms with E-state index >= 15 is 0 Å². The highest BCUT2D eigenvalue weighted by atomic mass is 35.5. The van der Waals surface area contributed by atoms with Gasteiger partial charge >= 0.3 is 0 Å². The average Bonchev–Trinajstić information content (AvgIpc) is 2.33. The van der Waals surface area contributed by atoms with E-state index in [0.717, 1.165) is 31.6 Å². The summed E-state index contributed by atoms with van der Waals surface area (Å²) < 4.78 is 0. The van der Waals surface area contributed by atoms with E-state index in [9.17, 15) is 4.79 Å². The summed E-state index contributed by atoms with van der Waals surface area (Å²) in [7, 11) is 0. The molecule has 0 unspecified atom stereocenters. The van der Waals surface area contributed by atoms with Crippen molar-refractivity contribution in [2.75, 3.05) is 0 Å². The summed E-state index contributed by atoms with van der Waals surface area (Å²) in [5, 5.41) is 6.96. The molecule has 0 atom stereocenters. The molecule has 0 bridgehead atoms. The molecule has 1 amide bonds. The van der Waals surface area contributed by atoms with E-state index in [1.807, 2.05) is 0 Å². The second-order valence-corrected chi connectivity index (χ2v) is 8.61. The third-order valence-corrected chi connectivity index (χ3v) is 5.06. The lowest BCUT2D eigenvalue weighted by molar-refractivity contribution is -0.122. The highest BCUT2D eigenvalue weighted by molar-refractivity contribution is 5.85. The fourth-order valence-corrected chi connectivity index (χ4v) is 4.54. The smallest absolute Gasteiger partial charge is 0.220 e. The number of nitrogens with one attached hydrogen (secondary N) is 2. The molecule has 0 aromatic rings. The minimum atomic E-state index is 0. The molecule has 130 valence electrons. The summed E-state index contributed by atoms with van der Waals surface area (Å²) >= 11 is 0. The van der Waals surface area contributed by atoms with Crippen LogP contribution in [0.4, 0.5) is 0 Å². The first-order valence-corrected chi connectivity index (χ1v) is 8.84. The maximum Gasteiger partial charge on any atom is 0.220 e. The van der Waals surface area contributed by atoms with Crippen LogP contribution in [0.3, 0.4) is 0 Å². The van der Waals surface area contributed by atoms with Gasteiger partial charge in [0.15, 0.2) is 0 Å². The molecule has 1 aliphatic heterocycles. The second kappa shape index (κ2) is 8.01. The van der Waals surface area contributed by atoms with Gasteiger partial charge in [-0.1, -0.05) is 32.1 Å². The third-order valence-electron chi connectivity index (χ3n) is 5.06. The van der Waals surface area contributed by atoms with Gasteiger partial charge in [-0.3, -0.25) is 4.79 Å². The molecule has 2 aliphatic rings. The van der Waals surface area contributed by atoms with E-state index in [-0.39, 0.29) is 29.4 Å². The van der Waals surface area contributed by atoms with Gasteiger partial charge in [0.25, 0.3) is 0 Å². The first kappa shape index (κ1) is 19.8. The van der Waals surface area contributed by atoms with E-state index < -0.39 is 0 Å². The summed E-state index contributed by atoms with van der Waals surface area (Å²) in [4.78, 5) is 12.2. The maximum atomic E-state index is 12.2. The third kappa shape index (κ3) is 6.45. The van der Waals surface area contributed by atoms with Crippen molar-refractivity contribution >= 4 is 18.3 Å². The van der Waals surface area contributed by atoms with E-state index in [1.165, 1.54) is 32.1 Å². The summed E-state index contributed by atoms with van der Waals surface area (Å²) in [6.07, 6.45) is 10.6. The molecule has 1 heterocycles. The Morgan fingerprint density at radius 1 is 1.05 bits per heavy atom. The van der Waals surface area contributed by atoms with Crippen molar-refractivity contribution in [2.45, 2.75) is 103 Å². The Bertz CT molecular complexity index is 346. The SMILES string of the molecule is CC1(C)CC(NC(=O)CCC2CCCCC2)CC(C)(C)N1.Cl. The van der Waals surface area contributed by atoms with Gasteiger partial charge in [0.2, 0.25) is 5.91 Å². The molecule has 2 N–H and O–H groups in total. The fourth-order valence-electron chi connectivity index (χ4n) is 4.54. The molecule has 0 aromatic carbocycles. The van der Waals surface area contributed by atoms with Crippen LogP contribution >= 0.6 is 12.4 Å². The highest BCUT2D eigenvalue weighted by Gasteiger charge is 2.38. The number of amides is 1. The van der Waals surface area contributed by atoms with Crippen LogP contribution in [0.2, 0.25) is 0 Å². The molecule has 0 radical (unpaired) electrons. The van der Waals surface area contributed by atoms with Gasteiger partial charge in [-0.15, -0.1) is 12.4 Å². The topological polar surface area (TPSA) is 41.1 Å². The Morgan fingerprint density at radius 3 is 2.14 bits per heavy atom. The van der Waals surface area contributed by atoms with Gasteiger partial charge in [-0.2, -0.15) is 0 Å². The summed E-state index contributed by atoms with van der Waals surface area (Å²) in [5.41, 5.74) is 0.201. The monoisotopic (exact) mass is 330 g/mol. The van der Waals surface area contributed by atoms with Gasteiger partial charge in [-0.25, -0.2) is 0 Å². The van der Waals surface area contributed by atoms with Crippen molar-refractivity contribution in [3.05, 3.63) is 0 Å². The van der Waals surface area contributed by atoms with Crippen molar-refractivity contribution in [1.82, 2.24) is 10.6 Å². The van der Waals surface area contributed by atoms with Crippen LogP contribution in [0.25, 0.3) is 0 Å². The Labute approximate surface area is 142 Å². The van der Waals surface area contributed by atoms with Crippen LogP contribution in [0.15, 0.2) is 0 Å². The number of hydrogen-bond acceptors (Lipinski definition) is 2. The van der Waals surface area contributed by atoms with E-state index in [4.69, 9.17) is 0 Å². The van der Waals surface area contributed by atoms with Gasteiger partial charge in [-0.05, 0) is 52.9 Å². The minimum absolute atomic E-state index is 0. The first-order chi connectivity index (χ1) is 9.76. The maximum absolute atomic E-state index is 12.2. The number of rotatable bonds is 4. The molecular weight excluding hydrogens is 296 g/mol. The Morgan fingerprint density at radius 2 is 1.59 bits per heavy atom. The van der Waals surface area contributed by atoms with Crippen molar-refractivity contribution in [3.8, 4) is 0 Å². The van der Waals surface area contributed by atoms with Crippen LogP contribution in [0.5, 0.6) is 0 Å². The standard InChI is InChI=1S/C18H34N2O.ClH/c1-17(2)12-15(13-18(3,4)20-17)19-16(21)11-10-14-8-6-5-7-9-14;/h14-15,20H,5-13H2,1-4H3,(H,19,21);1H. The molecule has 1 saturated heterocycles. The normalized spacial score (nSPS) is 25.3. The number of hydrogen-bond donors (Lipinski definition) is 2. The number of carbonyl (C=O) groups excluding carboxylic acids is 1. The van der Waals surface area contributed by atoms with Crippen LogP contribution in [-0.4, -0.2) is 23.0 Å². The summed E-state index contributed by atoms with van der Waals surface area (Å²) in [6, 6.07) is 0.315. The Balaban J connectivity index is 0.00000242. The van der Waals surface area contributed by atoms with E-state index in [0.29, 0.717) is 6.04 Å². The minimum Gasteiger partial charge on any atom is -0.353 e. The number of piperidine rings is 1. The average molecular weight is 331 g/mol. The van der Waals surface area contributed by atoms with E-state index in [1.54, 1.807) is 0 Å². The van der Waals surface area contributed by atoms with Gasteiger partial charge in [0.05, 0.1) is 0 Å². The summed E-state index contributed by atoms with van der Waals surface area (Å²) in [6.45, 7) is 8.92. The van der Waals surface area contributed by atoms with Crippen molar-refractivity contribution in [3.63, 3.8) is 0 Å². The van der Waals surface area contributed by atoms with E-state index in [2.05, 4.69) is 38.3 Å². The van der Waals surface area contributed by atoms with Crippen LogP contribution < -0.4 is 10.6 Å². The van der Waals surface area contributed by atoms with Crippen molar-refractivity contribution in [2.24, 2.45) is 5.92 Å². The first-order valence-electron chi connectivity index (χ1n) is 8.84. The van der Waals surface area contributed by atoms with Crippen molar-refractivity contribution < 1.29 is 4.79 Å². The molecule has 3 nitrogen and oxygen atoms in total. The van der Waals surface area contributed by atoms with Crippen LogP contribution in [-0.2, 0) is 4.79 Å². The second-order valence-electron chi connectivity index (χ2n) is 8.61. The molecule has 1 saturated carbocycles. The van der Waals surface area contributed by atoms with Gasteiger partial charge < -0.3 is 10.6 Å². The Kier molecular flexibility index (Phi) is 7.20. The zero-order chi connectivity index (χ0) is 15.5. The Hall–Kier alpha value is -0.280. The molecule has 2 rings (SSSR count). The van der Waals surface area contributed by atoms with Gasteiger partial charge in [0.1, 0.15) is 0 Å². The molecule has 22 heavy (non-hydrogen) atoms. The fraction of sp³-hybridized carbons (Fsp3) is 0.944. The number of carbonyl (C=O) groups is 1. The summed E-state index contributed by atoms with van der Waals surface area (Å²) in [5.74, 6) is 1.06. The molecule has 1 aliphatic carbocycles.